The zero-order valence-corrected chi connectivity index (χ0v) is 14.3. The van der Waals surface area contributed by atoms with Gasteiger partial charge < -0.3 is 18.9 Å². The molecule has 0 aliphatic carbocycles. The number of ether oxygens (including phenoxy) is 4. The fourth-order valence-electron chi connectivity index (χ4n) is 1.68. The van der Waals surface area contributed by atoms with Crippen molar-refractivity contribution in [2.24, 2.45) is 5.41 Å². The number of esters is 2. The predicted molar refractivity (Wildman–Crippen MR) is 90.6 cm³/mol. The van der Waals surface area contributed by atoms with Gasteiger partial charge in [0, 0.05) is 12.8 Å². The minimum absolute atomic E-state index is 0.0776. The molecule has 25 heavy (non-hydrogen) atoms. The monoisotopic (exact) mass is 344 g/mol. The molecule has 0 N–H and O–H groups in total. The average Bonchev–Trinajstić information content (AvgIpc) is 2.64. The predicted octanol–water partition coefficient (Wildman–Crippen LogP) is 0.405. The highest BCUT2D eigenvalue weighted by atomic mass is 16.5. The molecular weight excluding hydrogens is 324 g/mol. The van der Waals surface area contributed by atoms with E-state index < -0.39 is 17.4 Å². The van der Waals surface area contributed by atoms with Crippen LogP contribution in [0.25, 0.3) is 0 Å². The van der Waals surface area contributed by atoms with Gasteiger partial charge in [-0.25, -0.2) is 0 Å². The van der Waals surface area contributed by atoms with E-state index in [1.54, 1.807) is 0 Å². The molecule has 0 aromatic carbocycles. The number of rotatable bonds is 8. The van der Waals surface area contributed by atoms with E-state index in [0.29, 0.717) is 0 Å². The van der Waals surface area contributed by atoms with E-state index >= 15 is 0 Å². The summed E-state index contributed by atoms with van der Waals surface area (Å²) < 4.78 is 19.5. The Morgan fingerprint density at radius 3 is 1.48 bits per heavy atom. The SMILES string of the molecule is C#CCOCC#CCC(CC#CCOCC#C)(C(=O)OC)C(=O)OC. The fraction of sp³-hybridized carbons (Fsp3) is 0.474. The first-order chi connectivity index (χ1) is 12.1. The molecule has 0 aromatic heterocycles. The summed E-state index contributed by atoms with van der Waals surface area (Å²) in [6.45, 7) is 0.399. The third-order valence-electron chi connectivity index (χ3n) is 2.90. The normalized spacial score (nSPS) is 9.28. The Morgan fingerprint density at radius 1 is 0.760 bits per heavy atom. The van der Waals surface area contributed by atoms with Crippen LogP contribution >= 0.6 is 0 Å². The Kier molecular flexibility index (Phi) is 12.0. The van der Waals surface area contributed by atoms with E-state index in [4.69, 9.17) is 31.8 Å². The van der Waals surface area contributed by atoms with E-state index in [-0.39, 0.29) is 39.3 Å². The molecule has 0 bridgehead atoms. The molecule has 0 atom stereocenters. The van der Waals surface area contributed by atoms with Crippen LogP contribution in [-0.2, 0) is 28.5 Å². The van der Waals surface area contributed by atoms with E-state index in [2.05, 4.69) is 35.5 Å². The van der Waals surface area contributed by atoms with Gasteiger partial charge in [-0.05, 0) is 0 Å². The average molecular weight is 344 g/mol. The molecule has 6 nitrogen and oxygen atoms in total. The van der Waals surface area contributed by atoms with Crippen molar-refractivity contribution < 1.29 is 28.5 Å². The van der Waals surface area contributed by atoms with Crippen LogP contribution in [0, 0.1) is 53.8 Å². The number of hydrogen-bond donors (Lipinski definition) is 0. The first-order valence-electron chi connectivity index (χ1n) is 7.19. The topological polar surface area (TPSA) is 71.1 Å². The van der Waals surface area contributed by atoms with E-state index in [9.17, 15) is 9.59 Å². The Balaban J connectivity index is 5.19. The minimum atomic E-state index is -1.65. The molecule has 0 heterocycles. The molecule has 0 aliphatic rings. The number of carbonyl (C=O) groups is 2. The molecule has 0 radical (unpaired) electrons. The number of terminal acetylenes is 2. The minimum Gasteiger partial charge on any atom is -0.468 e. The zero-order valence-electron chi connectivity index (χ0n) is 14.3. The van der Waals surface area contributed by atoms with Gasteiger partial charge in [0.2, 0.25) is 0 Å². The highest BCUT2D eigenvalue weighted by Gasteiger charge is 2.47. The highest BCUT2D eigenvalue weighted by Crippen LogP contribution is 2.29. The van der Waals surface area contributed by atoms with Gasteiger partial charge in [-0.2, -0.15) is 0 Å². The molecule has 0 saturated carbocycles. The van der Waals surface area contributed by atoms with Gasteiger partial charge in [-0.15, -0.1) is 12.8 Å². The van der Waals surface area contributed by atoms with Crippen LogP contribution in [0.1, 0.15) is 12.8 Å². The van der Waals surface area contributed by atoms with Crippen LogP contribution in [0.3, 0.4) is 0 Å². The van der Waals surface area contributed by atoms with Crippen LogP contribution in [0.5, 0.6) is 0 Å². The summed E-state index contributed by atoms with van der Waals surface area (Å²) in [7, 11) is 2.35. The van der Waals surface area contributed by atoms with Gasteiger partial charge in [0.1, 0.15) is 26.4 Å². The van der Waals surface area contributed by atoms with Crippen LogP contribution in [-0.4, -0.2) is 52.6 Å². The van der Waals surface area contributed by atoms with Gasteiger partial charge in [-0.3, -0.25) is 9.59 Å². The maximum absolute atomic E-state index is 12.2. The van der Waals surface area contributed by atoms with Crippen molar-refractivity contribution in [3.8, 4) is 48.4 Å². The lowest BCUT2D eigenvalue weighted by molar-refractivity contribution is -0.168. The highest BCUT2D eigenvalue weighted by molar-refractivity contribution is 6.00. The van der Waals surface area contributed by atoms with Gasteiger partial charge in [-0.1, -0.05) is 35.5 Å². The van der Waals surface area contributed by atoms with E-state index in [1.807, 2.05) is 0 Å². The summed E-state index contributed by atoms with van der Waals surface area (Å²) in [5.41, 5.74) is -1.65. The Hall–Kier alpha value is -2.90. The Bertz CT molecular complexity index is 584. The molecule has 0 aromatic rings. The van der Waals surface area contributed by atoms with Crippen LogP contribution in [0.2, 0.25) is 0 Å². The first kappa shape index (κ1) is 22.1. The van der Waals surface area contributed by atoms with Gasteiger partial charge in [0.15, 0.2) is 5.41 Å². The van der Waals surface area contributed by atoms with Crippen molar-refractivity contribution in [3.63, 3.8) is 0 Å². The van der Waals surface area contributed by atoms with Crippen molar-refractivity contribution in [2.75, 3.05) is 40.6 Å². The largest absolute Gasteiger partial charge is 0.468 e. The zero-order chi connectivity index (χ0) is 19.0. The number of methoxy groups -OCH3 is 2. The van der Waals surface area contributed by atoms with Crippen molar-refractivity contribution in [1.29, 1.82) is 0 Å². The Morgan fingerprint density at radius 2 is 1.16 bits per heavy atom. The third kappa shape index (κ3) is 7.96. The number of hydrogen-bond acceptors (Lipinski definition) is 6. The van der Waals surface area contributed by atoms with Gasteiger partial charge in [0.25, 0.3) is 0 Å². The third-order valence-corrected chi connectivity index (χ3v) is 2.90. The second-order valence-electron chi connectivity index (χ2n) is 4.52. The van der Waals surface area contributed by atoms with Gasteiger partial charge >= 0.3 is 11.9 Å². The van der Waals surface area contributed by atoms with Crippen LogP contribution in [0.15, 0.2) is 0 Å². The fourth-order valence-corrected chi connectivity index (χ4v) is 1.68. The molecule has 0 spiro atoms. The first-order valence-corrected chi connectivity index (χ1v) is 7.19. The molecule has 0 fully saturated rings. The lowest BCUT2D eigenvalue weighted by atomic mass is 9.81. The van der Waals surface area contributed by atoms with E-state index in [0.717, 1.165) is 0 Å². The maximum atomic E-state index is 12.2. The van der Waals surface area contributed by atoms with Crippen molar-refractivity contribution >= 4 is 11.9 Å². The summed E-state index contributed by atoms with van der Waals surface area (Å²) in [5.74, 6) is 13.8. The van der Waals surface area contributed by atoms with Crippen molar-refractivity contribution in [2.45, 2.75) is 12.8 Å². The lowest BCUT2D eigenvalue weighted by Gasteiger charge is -2.23. The standard InChI is InChI=1S/C19H20O6/c1-5-13-24-15-9-7-11-19(17(20)22-3,18(21)23-4)12-8-10-16-25-14-6-2/h1-2H,11-16H2,3-4H3. The number of carbonyl (C=O) groups excluding carboxylic acids is 2. The lowest BCUT2D eigenvalue weighted by Crippen LogP contribution is -2.40. The molecule has 0 aliphatic heterocycles. The van der Waals surface area contributed by atoms with Gasteiger partial charge in [0.05, 0.1) is 14.2 Å². The summed E-state index contributed by atoms with van der Waals surface area (Å²) in [6.07, 6.45) is 9.82. The Labute approximate surface area is 148 Å². The molecule has 0 amide bonds. The molecule has 132 valence electrons. The molecule has 0 unspecified atom stereocenters. The molecule has 6 heteroatoms. The van der Waals surface area contributed by atoms with Crippen LogP contribution < -0.4 is 0 Å². The van der Waals surface area contributed by atoms with Crippen LogP contribution in [0.4, 0.5) is 0 Å². The summed E-state index contributed by atoms with van der Waals surface area (Å²) in [6, 6.07) is 0. The summed E-state index contributed by atoms with van der Waals surface area (Å²) in [5, 5.41) is 0. The van der Waals surface area contributed by atoms with E-state index in [1.165, 1.54) is 14.2 Å². The quantitative estimate of drug-likeness (QED) is 0.275. The summed E-state index contributed by atoms with van der Waals surface area (Å²) >= 11 is 0. The van der Waals surface area contributed by atoms with Crippen molar-refractivity contribution in [1.82, 2.24) is 0 Å². The maximum Gasteiger partial charge on any atom is 0.325 e. The molecule has 0 saturated heterocycles. The molecular formula is C19H20O6. The molecule has 0 rings (SSSR count). The second-order valence-corrected chi connectivity index (χ2v) is 4.52. The summed E-state index contributed by atoms with van der Waals surface area (Å²) in [4.78, 5) is 24.4. The van der Waals surface area contributed by atoms with Crippen molar-refractivity contribution in [3.05, 3.63) is 0 Å². The smallest absolute Gasteiger partial charge is 0.325 e. The second kappa shape index (κ2) is 13.5.